The molecule has 15 heavy (non-hydrogen) atoms. The Labute approximate surface area is 84.2 Å². The Balaban J connectivity index is 3.30. The van der Waals surface area contributed by atoms with E-state index in [1.165, 1.54) is 0 Å². The number of halogens is 3. The molecule has 0 radical (unpaired) electrons. The van der Waals surface area contributed by atoms with Crippen LogP contribution < -0.4 is 0 Å². The molecular weight excluding hydrogens is 205 g/mol. The van der Waals surface area contributed by atoms with Crippen LogP contribution in [0.3, 0.4) is 0 Å². The van der Waals surface area contributed by atoms with Crippen molar-refractivity contribution in [3.05, 3.63) is 34.9 Å². The van der Waals surface area contributed by atoms with Gasteiger partial charge in [-0.1, -0.05) is 0 Å². The number of nitrogens with zero attached hydrogens (tertiary/aromatic N) is 2. The van der Waals surface area contributed by atoms with Gasteiger partial charge in [-0.05, 0) is 23.8 Å². The first-order chi connectivity index (χ1) is 6.99. The lowest BCUT2D eigenvalue weighted by molar-refractivity contribution is -0.138. The summed E-state index contributed by atoms with van der Waals surface area (Å²) >= 11 is 0. The molecule has 5 heteroatoms. The van der Waals surface area contributed by atoms with E-state index in [-0.39, 0.29) is 17.5 Å². The molecular formula is C10H5F3N2. The molecule has 0 aliphatic heterocycles. The molecule has 0 N–H and O–H groups in total. The van der Waals surface area contributed by atoms with Gasteiger partial charge < -0.3 is 0 Å². The van der Waals surface area contributed by atoms with Crippen LogP contribution in [0, 0.1) is 22.7 Å². The van der Waals surface area contributed by atoms with Crippen molar-refractivity contribution >= 4 is 0 Å². The highest BCUT2D eigenvalue weighted by atomic mass is 19.4. The number of alkyl halides is 3. The molecule has 0 saturated heterocycles. The van der Waals surface area contributed by atoms with Gasteiger partial charge >= 0.3 is 6.18 Å². The fourth-order valence-electron chi connectivity index (χ4n) is 1.17. The topological polar surface area (TPSA) is 47.6 Å². The maximum Gasteiger partial charge on any atom is 0.416 e. The zero-order valence-corrected chi connectivity index (χ0v) is 7.47. The Morgan fingerprint density at radius 2 is 1.87 bits per heavy atom. The lowest BCUT2D eigenvalue weighted by atomic mass is 10.0. The van der Waals surface area contributed by atoms with Gasteiger partial charge in [-0.3, -0.25) is 0 Å². The zero-order chi connectivity index (χ0) is 11.5. The van der Waals surface area contributed by atoms with E-state index >= 15 is 0 Å². The highest BCUT2D eigenvalue weighted by Gasteiger charge is 2.33. The molecule has 2 nitrogen and oxygen atoms in total. The van der Waals surface area contributed by atoms with Crippen molar-refractivity contribution in [2.75, 3.05) is 0 Å². The van der Waals surface area contributed by atoms with E-state index in [1.807, 2.05) is 0 Å². The number of hydrogen-bond acceptors (Lipinski definition) is 2. The van der Waals surface area contributed by atoms with Gasteiger partial charge in [0, 0.05) is 0 Å². The number of benzene rings is 1. The number of hydrogen-bond donors (Lipinski definition) is 0. The van der Waals surface area contributed by atoms with Crippen LogP contribution in [-0.2, 0) is 12.6 Å². The fraction of sp³-hybridized carbons (Fsp3) is 0.200. The predicted molar refractivity (Wildman–Crippen MR) is 45.5 cm³/mol. The summed E-state index contributed by atoms with van der Waals surface area (Å²) in [6.07, 6.45) is -4.84. The number of rotatable bonds is 1. The minimum Gasteiger partial charge on any atom is -0.198 e. The van der Waals surface area contributed by atoms with Crippen LogP contribution >= 0.6 is 0 Å². The second kappa shape index (κ2) is 4.02. The van der Waals surface area contributed by atoms with Crippen molar-refractivity contribution in [2.24, 2.45) is 0 Å². The van der Waals surface area contributed by atoms with Crippen LogP contribution in [0.15, 0.2) is 18.2 Å². The van der Waals surface area contributed by atoms with Crippen molar-refractivity contribution < 1.29 is 13.2 Å². The Morgan fingerprint density at radius 1 is 1.20 bits per heavy atom. The maximum absolute atomic E-state index is 12.4. The Hall–Kier alpha value is -2.01. The third-order valence-electron chi connectivity index (χ3n) is 1.81. The fourth-order valence-corrected chi connectivity index (χ4v) is 1.17. The van der Waals surface area contributed by atoms with Gasteiger partial charge in [0.1, 0.15) is 0 Å². The summed E-state index contributed by atoms with van der Waals surface area (Å²) in [5.41, 5.74) is -0.902. The molecule has 0 saturated carbocycles. The van der Waals surface area contributed by atoms with Crippen LogP contribution in [0.1, 0.15) is 16.7 Å². The molecule has 1 aromatic rings. The van der Waals surface area contributed by atoms with E-state index in [2.05, 4.69) is 0 Å². The SMILES string of the molecule is N#CCc1cc(C#N)ccc1C(F)(F)F. The average Bonchev–Trinajstić information content (AvgIpc) is 2.16. The standard InChI is InChI=1S/C10H5F3N2/c11-10(12,13)9-2-1-7(6-15)5-8(9)3-4-14/h1-2,5H,3H2. The quantitative estimate of drug-likeness (QED) is 0.715. The summed E-state index contributed by atoms with van der Waals surface area (Å²) in [4.78, 5) is 0. The van der Waals surface area contributed by atoms with Crippen LogP contribution in [0.2, 0.25) is 0 Å². The van der Waals surface area contributed by atoms with Gasteiger partial charge in [0.05, 0.1) is 29.7 Å². The molecule has 1 aromatic carbocycles. The first-order valence-corrected chi connectivity index (χ1v) is 3.96. The van der Waals surface area contributed by atoms with Crippen molar-refractivity contribution in [1.29, 1.82) is 10.5 Å². The molecule has 0 aliphatic rings. The van der Waals surface area contributed by atoms with E-state index in [0.29, 0.717) is 0 Å². The molecule has 0 heterocycles. The van der Waals surface area contributed by atoms with Gasteiger partial charge in [-0.2, -0.15) is 23.7 Å². The third kappa shape index (κ3) is 2.47. The van der Waals surface area contributed by atoms with Crippen LogP contribution in [0.25, 0.3) is 0 Å². The normalized spacial score (nSPS) is 10.5. The Kier molecular flexibility index (Phi) is 2.96. The first-order valence-electron chi connectivity index (χ1n) is 3.96. The smallest absolute Gasteiger partial charge is 0.198 e. The summed E-state index contributed by atoms with van der Waals surface area (Å²) in [6, 6.07) is 6.37. The molecule has 0 aliphatic carbocycles. The second-order valence-electron chi connectivity index (χ2n) is 2.82. The van der Waals surface area contributed by atoms with Crippen LogP contribution in [0.4, 0.5) is 13.2 Å². The van der Waals surface area contributed by atoms with Crippen molar-refractivity contribution in [2.45, 2.75) is 12.6 Å². The monoisotopic (exact) mass is 210 g/mol. The first kappa shape index (κ1) is 11.1. The zero-order valence-electron chi connectivity index (χ0n) is 7.47. The molecule has 0 unspecified atom stereocenters. The summed E-state index contributed by atoms with van der Waals surface area (Å²) in [5, 5.41) is 16.9. The van der Waals surface area contributed by atoms with Crippen LogP contribution in [-0.4, -0.2) is 0 Å². The van der Waals surface area contributed by atoms with E-state index in [4.69, 9.17) is 10.5 Å². The molecule has 0 amide bonds. The molecule has 76 valence electrons. The maximum atomic E-state index is 12.4. The van der Waals surface area contributed by atoms with Gasteiger partial charge in [-0.15, -0.1) is 0 Å². The van der Waals surface area contributed by atoms with Gasteiger partial charge in [0.25, 0.3) is 0 Å². The van der Waals surface area contributed by atoms with E-state index in [1.54, 1.807) is 12.1 Å². The summed E-state index contributed by atoms with van der Waals surface area (Å²) in [6.45, 7) is 0. The summed E-state index contributed by atoms with van der Waals surface area (Å²) in [5.74, 6) is 0. The second-order valence-corrected chi connectivity index (χ2v) is 2.82. The summed E-state index contributed by atoms with van der Waals surface area (Å²) < 4.78 is 37.2. The Bertz CT molecular complexity index is 449. The molecule has 0 aromatic heterocycles. The largest absolute Gasteiger partial charge is 0.416 e. The van der Waals surface area contributed by atoms with Gasteiger partial charge in [0.2, 0.25) is 0 Å². The van der Waals surface area contributed by atoms with E-state index in [0.717, 1.165) is 18.2 Å². The molecule has 0 atom stereocenters. The van der Waals surface area contributed by atoms with Gasteiger partial charge in [-0.25, -0.2) is 0 Å². The van der Waals surface area contributed by atoms with Crippen molar-refractivity contribution in [1.82, 2.24) is 0 Å². The molecule has 1 rings (SSSR count). The molecule has 0 fully saturated rings. The van der Waals surface area contributed by atoms with Crippen molar-refractivity contribution in [3.63, 3.8) is 0 Å². The minimum atomic E-state index is -4.49. The number of nitriles is 2. The molecule has 0 spiro atoms. The minimum absolute atomic E-state index is 0.119. The van der Waals surface area contributed by atoms with Crippen LogP contribution in [0.5, 0.6) is 0 Å². The summed E-state index contributed by atoms with van der Waals surface area (Å²) in [7, 11) is 0. The average molecular weight is 210 g/mol. The lowest BCUT2D eigenvalue weighted by Gasteiger charge is -2.10. The highest BCUT2D eigenvalue weighted by Crippen LogP contribution is 2.32. The van der Waals surface area contributed by atoms with Gasteiger partial charge in [0.15, 0.2) is 0 Å². The van der Waals surface area contributed by atoms with E-state index < -0.39 is 11.7 Å². The lowest BCUT2D eigenvalue weighted by Crippen LogP contribution is -2.09. The highest BCUT2D eigenvalue weighted by molar-refractivity contribution is 5.40. The van der Waals surface area contributed by atoms with E-state index in [9.17, 15) is 13.2 Å². The predicted octanol–water partition coefficient (Wildman–Crippen LogP) is 2.64. The molecule has 0 bridgehead atoms. The third-order valence-corrected chi connectivity index (χ3v) is 1.81. The Morgan fingerprint density at radius 3 is 2.33 bits per heavy atom. The van der Waals surface area contributed by atoms with Crippen molar-refractivity contribution in [3.8, 4) is 12.1 Å².